The molecule has 2 saturated heterocycles. The van der Waals surface area contributed by atoms with Crippen LogP contribution in [0.1, 0.15) is 12.0 Å². The highest BCUT2D eigenvalue weighted by atomic mass is 16.2. The van der Waals surface area contributed by atoms with Gasteiger partial charge in [-0.1, -0.05) is 30.3 Å². The fourth-order valence-electron chi connectivity index (χ4n) is 3.64. The standard InChI is InChI=1S/C19H30N4O/c1-21-9-7-18(16-21)15-20-19(24)23-13-11-22(12-14-23)10-8-17-5-3-2-4-6-17/h2-6,18H,7-16H2,1H3,(H,20,24)/t18-/m0/s1. The molecule has 2 heterocycles. The largest absolute Gasteiger partial charge is 0.338 e. The second kappa shape index (κ2) is 8.49. The zero-order chi connectivity index (χ0) is 16.8. The molecule has 2 aliphatic rings. The Morgan fingerprint density at radius 2 is 1.88 bits per heavy atom. The van der Waals surface area contributed by atoms with Gasteiger partial charge in [0.1, 0.15) is 0 Å². The monoisotopic (exact) mass is 330 g/mol. The van der Waals surface area contributed by atoms with Crippen LogP contribution >= 0.6 is 0 Å². The second-order valence-electron chi connectivity index (χ2n) is 7.17. The smallest absolute Gasteiger partial charge is 0.317 e. The van der Waals surface area contributed by atoms with Crippen LogP contribution in [0.4, 0.5) is 4.79 Å². The first-order chi connectivity index (χ1) is 11.7. The summed E-state index contributed by atoms with van der Waals surface area (Å²) in [5.74, 6) is 0.617. The molecule has 5 heteroatoms. The Labute approximate surface area is 145 Å². The van der Waals surface area contributed by atoms with Gasteiger partial charge in [-0.3, -0.25) is 4.90 Å². The normalized spacial score (nSPS) is 22.7. The van der Waals surface area contributed by atoms with Gasteiger partial charge < -0.3 is 15.1 Å². The Bertz CT molecular complexity index is 513. The van der Waals surface area contributed by atoms with Gasteiger partial charge in [-0.15, -0.1) is 0 Å². The molecule has 0 aromatic heterocycles. The highest BCUT2D eigenvalue weighted by Gasteiger charge is 2.23. The second-order valence-corrected chi connectivity index (χ2v) is 7.17. The van der Waals surface area contributed by atoms with Crippen molar-refractivity contribution >= 4 is 6.03 Å². The van der Waals surface area contributed by atoms with Crippen molar-refractivity contribution in [1.82, 2.24) is 20.0 Å². The number of amides is 2. The molecule has 0 aliphatic carbocycles. The van der Waals surface area contributed by atoms with Crippen molar-refractivity contribution in [2.45, 2.75) is 12.8 Å². The van der Waals surface area contributed by atoms with Crippen LogP contribution in [0.2, 0.25) is 0 Å². The summed E-state index contributed by atoms with van der Waals surface area (Å²) >= 11 is 0. The van der Waals surface area contributed by atoms with Crippen molar-refractivity contribution in [3.8, 4) is 0 Å². The van der Waals surface area contributed by atoms with Crippen molar-refractivity contribution in [1.29, 1.82) is 0 Å². The van der Waals surface area contributed by atoms with Crippen molar-refractivity contribution in [2.24, 2.45) is 5.92 Å². The molecule has 1 aromatic carbocycles. The van der Waals surface area contributed by atoms with Crippen molar-refractivity contribution in [3.63, 3.8) is 0 Å². The third-order valence-corrected chi connectivity index (χ3v) is 5.25. The third-order valence-electron chi connectivity index (χ3n) is 5.25. The van der Waals surface area contributed by atoms with E-state index in [1.165, 1.54) is 12.0 Å². The van der Waals surface area contributed by atoms with E-state index in [1.54, 1.807) is 0 Å². The topological polar surface area (TPSA) is 38.8 Å². The fraction of sp³-hybridized carbons (Fsp3) is 0.632. The number of carbonyl (C=O) groups is 1. The van der Waals surface area contributed by atoms with Gasteiger partial charge in [0.15, 0.2) is 0 Å². The lowest BCUT2D eigenvalue weighted by molar-refractivity contribution is 0.139. The molecular weight excluding hydrogens is 300 g/mol. The van der Waals surface area contributed by atoms with E-state index in [0.717, 1.165) is 58.8 Å². The maximum absolute atomic E-state index is 12.3. The maximum Gasteiger partial charge on any atom is 0.317 e. The number of urea groups is 1. The number of nitrogens with one attached hydrogen (secondary N) is 1. The summed E-state index contributed by atoms with van der Waals surface area (Å²) in [6.45, 7) is 7.79. The van der Waals surface area contributed by atoms with Gasteiger partial charge in [0.2, 0.25) is 0 Å². The lowest BCUT2D eigenvalue weighted by atomic mass is 10.1. The minimum atomic E-state index is 0.118. The molecule has 5 nitrogen and oxygen atoms in total. The summed E-state index contributed by atoms with van der Waals surface area (Å²) in [6, 6.07) is 10.7. The molecule has 2 amide bonds. The Morgan fingerprint density at radius 1 is 1.12 bits per heavy atom. The predicted molar refractivity (Wildman–Crippen MR) is 97.2 cm³/mol. The average molecular weight is 330 g/mol. The SMILES string of the molecule is CN1CC[C@@H](CNC(=O)N2CCN(CCc3ccccc3)CC2)C1. The Hall–Kier alpha value is -1.59. The van der Waals surface area contributed by atoms with Gasteiger partial charge in [-0.25, -0.2) is 4.79 Å². The molecule has 0 bridgehead atoms. The summed E-state index contributed by atoms with van der Waals surface area (Å²) in [5, 5.41) is 3.13. The quantitative estimate of drug-likeness (QED) is 0.889. The zero-order valence-corrected chi connectivity index (χ0v) is 14.8. The van der Waals surface area contributed by atoms with E-state index in [1.807, 2.05) is 4.90 Å². The van der Waals surface area contributed by atoms with Gasteiger partial charge in [0, 0.05) is 45.8 Å². The van der Waals surface area contributed by atoms with Gasteiger partial charge in [-0.2, -0.15) is 0 Å². The molecule has 2 aliphatic heterocycles. The Morgan fingerprint density at radius 3 is 2.54 bits per heavy atom. The molecular formula is C19H30N4O. The van der Waals surface area contributed by atoms with Crippen LogP contribution in [0, 0.1) is 5.92 Å². The lowest BCUT2D eigenvalue weighted by Gasteiger charge is -2.34. The van der Waals surface area contributed by atoms with E-state index in [2.05, 4.69) is 52.5 Å². The summed E-state index contributed by atoms with van der Waals surface area (Å²) in [4.78, 5) is 19.1. The Kier molecular flexibility index (Phi) is 6.10. The van der Waals surface area contributed by atoms with E-state index >= 15 is 0 Å². The van der Waals surface area contributed by atoms with Gasteiger partial charge in [0.25, 0.3) is 0 Å². The number of hydrogen-bond acceptors (Lipinski definition) is 3. The first-order valence-electron chi connectivity index (χ1n) is 9.18. The highest BCUT2D eigenvalue weighted by molar-refractivity contribution is 5.74. The van der Waals surface area contributed by atoms with Crippen LogP contribution in [0.25, 0.3) is 0 Å². The third kappa shape index (κ3) is 4.95. The van der Waals surface area contributed by atoms with Crippen LogP contribution in [0.3, 0.4) is 0 Å². The number of nitrogens with zero attached hydrogens (tertiary/aromatic N) is 3. The van der Waals surface area contributed by atoms with Crippen molar-refractivity contribution < 1.29 is 4.79 Å². The van der Waals surface area contributed by atoms with E-state index < -0.39 is 0 Å². The molecule has 0 spiro atoms. The zero-order valence-electron chi connectivity index (χ0n) is 14.8. The highest BCUT2D eigenvalue weighted by Crippen LogP contribution is 2.13. The molecule has 2 fully saturated rings. The molecule has 3 rings (SSSR count). The molecule has 1 atom stereocenters. The molecule has 0 saturated carbocycles. The van der Waals surface area contributed by atoms with E-state index in [-0.39, 0.29) is 6.03 Å². The molecule has 1 N–H and O–H groups in total. The number of rotatable bonds is 5. The number of benzene rings is 1. The molecule has 1 aromatic rings. The van der Waals surface area contributed by atoms with Crippen molar-refractivity contribution in [2.75, 3.05) is 59.4 Å². The van der Waals surface area contributed by atoms with Crippen LogP contribution in [-0.2, 0) is 6.42 Å². The molecule has 24 heavy (non-hydrogen) atoms. The van der Waals surface area contributed by atoms with Crippen LogP contribution < -0.4 is 5.32 Å². The summed E-state index contributed by atoms with van der Waals surface area (Å²) < 4.78 is 0. The lowest BCUT2D eigenvalue weighted by Crippen LogP contribution is -2.52. The van der Waals surface area contributed by atoms with E-state index in [4.69, 9.17) is 0 Å². The van der Waals surface area contributed by atoms with Crippen molar-refractivity contribution in [3.05, 3.63) is 35.9 Å². The molecule has 0 unspecified atom stereocenters. The summed E-state index contributed by atoms with van der Waals surface area (Å²) in [6.07, 6.45) is 2.28. The summed E-state index contributed by atoms with van der Waals surface area (Å²) in [5.41, 5.74) is 1.39. The van der Waals surface area contributed by atoms with Gasteiger partial charge >= 0.3 is 6.03 Å². The predicted octanol–water partition coefficient (Wildman–Crippen LogP) is 1.51. The van der Waals surface area contributed by atoms with E-state index in [0.29, 0.717) is 5.92 Å². The van der Waals surface area contributed by atoms with Gasteiger partial charge in [-0.05, 0) is 37.9 Å². The number of hydrogen-bond donors (Lipinski definition) is 1. The molecule has 0 radical (unpaired) electrons. The molecule has 132 valence electrons. The number of carbonyl (C=O) groups excluding carboxylic acids is 1. The van der Waals surface area contributed by atoms with Crippen LogP contribution in [0.5, 0.6) is 0 Å². The average Bonchev–Trinajstić information content (AvgIpc) is 3.04. The van der Waals surface area contributed by atoms with E-state index in [9.17, 15) is 4.79 Å². The minimum absolute atomic E-state index is 0.118. The van der Waals surface area contributed by atoms with Crippen LogP contribution in [-0.4, -0.2) is 80.1 Å². The Balaban J connectivity index is 1.33. The number of piperazine rings is 1. The fourth-order valence-corrected chi connectivity index (χ4v) is 3.64. The minimum Gasteiger partial charge on any atom is -0.338 e. The summed E-state index contributed by atoms with van der Waals surface area (Å²) in [7, 11) is 2.15. The van der Waals surface area contributed by atoms with Crippen LogP contribution in [0.15, 0.2) is 30.3 Å². The first kappa shape index (κ1) is 17.2. The number of likely N-dealkylation sites (tertiary alicyclic amines) is 1. The van der Waals surface area contributed by atoms with Gasteiger partial charge in [0.05, 0.1) is 0 Å². The first-order valence-corrected chi connectivity index (χ1v) is 9.18. The maximum atomic E-state index is 12.3.